The molecule has 0 aliphatic rings. The summed E-state index contributed by atoms with van der Waals surface area (Å²) < 4.78 is 0. The van der Waals surface area contributed by atoms with Crippen LogP contribution < -0.4 is 0 Å². The maximum Gasteiger partial charge on any atom is 0.170 e. The van der Waals surface area contributed by atoms with E-state index in [9.17, 15) is 4.79 Å². The standard InChI is InChI=1S/C28H24O/c29-28(25-19-11-4-12-20-25)27(24-17-9-3-10-18-24)26(23-15-7-2-8-16-23)21-22-13-5-1-6-14-22/h1-20,26-27H,21H2. The van der Waals surface area contributed by atoms with E-state index in [2.05, 4.69) is 60.7 Å². The fourth-order valence-electron chi connectivity index (χ4n) is 4.01. The molecule has 0 N–H and O–H groups in total. The molecule has 0 saturated heterocycles. The fraction of sp³-hybridized carbons (Fsp3) is 0.107. The van der Waals surface area contributed by atoms with Crippen molar-refractivity contribution in [2.45, 2.75) is 18.3 Å². The van der Waals surface area contributed by atoms with Crippen molar-refractivity contribution >= 4 is 5.78 Å². The lowest BCUT2D eigenvalue weighted by Crippen LogP contribution is -2.23. The first-order chi connectivity index (χ1) is 14.3. The van der Waals surface area contributed by atoms with Crippen LogP contribution in [0.4, 0.5) is 0 Å². The lowest BCUT2D eigenvalue weighted by Gasteiger charge is -2.28. The highest BCUT2D eigenvalue weighted by molar-refractivity contribution is 6.01. The number of carbonyl (C=O) groups is 1. The number of rotatable bonds is 7. The summed E-state index contributed by atoms with van der Waals surface area (Å²) in [7, 11) is 0. The van der Waals surface area contributed by atoms with Gasteiger partial charge < -0.3 is 0 Å². The lowest BCUT2D eigenvalue weighted by molar-refractivity contribution is 0.0946. The molecule has 1 nitrogen and oxygen atoms in total. The van der Waals surface area contributed by atoms with Crippen molar-refractivity contribution < 1.29 is 4.79 Å². The molecule has 0 amide bonds. The Morgan fingerprint density at radius 2 is 1.00 bits per heavy atom. The van der Waals surface area contributed by atoms with Crippen molar-refractivity contribution in [2.75, 3.05) is 0 Å². The van der Waals surface area contributed by atoms with Gasteiger partial charge in [-0.15, -0.1) is 0 Å². The monoisotopic (exact) mass is 376 g/mol. The van der Waals surface area contributed by atoms with Crippen molar-refractivity contribution in [3.8, 4) is 0 Å². The molecular formula is C28H24O. The Morgan fingerprint density at radius 3 is 1.55 bits per heavy atom. The summed E-state index contributed by atoms with van der Waals surface area (Å²) in [5, 5.41) is 0. The second-order valence-corrected chi connectivity index (χ2v) is 7.33. The number of Topliss-reactive ketones (excluding diaryl/α,β-unsaturated/α-hetero) is 1. The van der Waals surface area contributed by atoms with Crippen LogP contribution in [0.2, 0.25) is 0 Å². The molecule has 142 valence electrons. The highest BCUT2D eigenvalue weighted by Crippen LogP contribution is 2.38. The van der Waals surface area contributed by atoms with Crippen LogP contribution in [0.15, 0.2) is 121 Å². The van der Waals surface area contributed by atoms with Gasteiger partial charge >= 0.3 is 0 Å². The zero-order valence-electron chi connectivity index (χ0n) is 16.3. The van der Waals surface area contributed by atoms with E-state index in [1.807, 2.05) is 60.7 Å². The van der Waals surface area contributed by atoms with Crippen LogP contribution in [0.5, 0.6) is 0 Å². The molecule has 4 rings (SSSR count). The summed E-state index contributed by atoms with van der Waals surface area (Å²) in [5.41, 5.74) is 4.25. The number of ketones is 1. The Bertz CT molecular complexity index is 1020. The smallest absolute Gasteiger partial charge is 0.170 e. The van der Waals surface area contributed by atoms with Crippen LogP contribution in [0.1, 0.15) is 38.9 Å². The largest absolute Gasteiger partial charge is 0.293 e. The molecule has 0 radical (unpaired) electrons. The molecule has 0 aliphatic carbocycles. The van der Waals surface area contributed by atoms with Crippen LogP contribution in [-0.2, 0) is 6.42 Å². The normalized spacial score (nSPS) is 12.8. The molecule has 0 aliphatic heterocycles. The lowest BCUT2D eigenvalue weighted by atomic mass is 9.74. The van der Waals surface area contributed by atoms with E-state index >= 15 is 0 Å². The van der Waals surface area contributed by atoms with Gasteiger partial charge in [0.2, 0.25) is 0 Å². The number of carbonyl (C=O) groups excluding carboxylic acids is 1. The van der Waals surface area contributed by atoms with Gasteiger partial charge in [-0.25, -0.2) is 0 Å². The summed E-state index contributed by atoms with van der Waals surface area (Å²) in [4.78, 5) is 13.8. The third kappa shape index (κ3) is 4.52. The molecule has 4 aromatic carbocycles. The van der Waals surface area contributed by atoms with Crippen molar-refractivity contribution in [2.24, 2.45) is 0 Å². The van der Waals surface area contributed by atoms with Gasteiger partial charge in [0.25, 0.3) is 0 Å². The van der Waals surface area contributed by atoms with E-state index < -0.39 is 0 Å². The second kappa shape index (κ2) is 9.16. The highest BCUT2D eigenvalue weighted by Gasteiger charge is 2.31. The molecule has 2 unspecified atom stereocenters. The molecule has 4 aromatic rings. The van der Waals surface area contributed by atoms with Crippen molar-refractivity contribution in [1.82, 2.24) is 0 Å². The van der Waals surface area contributed by atoms with Crippen LogP contribution in [-0.4, -0.2) is 5.78 Å². The summed E-state index contributed by atoms with van der Waals surface area (Å²) in [5.74, 6) is -0.0310. The third-order valence-corrected chi connectivity index (χ3v) is 5.43. The fourth-order valence-corrected chi connectivity index (χ4v) is 4.01. The topological polar surface area (TPSA) is 17.1 Å². The van der Waals surface area contributed by atoms with Gasteiger partial charge in [0.1, 0.15) is 0 Å². The third-order valence-electron chi connectivity index (χ3n) is 5.43. The Labute approximate surface area is 172 Å². The van der Waals surface area contributed by atoms with Gasteiger partial charge in [-0.05, 0) is 23.1 Å². The average Bonchev–Trinajstić information content (AvgIpc) is 2.81. The molecular weight excluding hydrogens is 352 g/mol. The summed E-state index contributed by atoms with van der Waals surface area (Å²) in [6.45, 7) is 0. The van der Waals surface area contributed by atoms with Crippen molar-refractivity contribution in [3.63, 3.8) is 0 Å². The van der Waals surface area contributed by atoms with E-state index in [1.54, 1.807) is 0 Å². The van der Waals surface area contributed by atoms with E-state index in [4.69, 9.17) is 0 Å². The number of hydrogen-bond donors (Lipinski definition) is 0. The molecule has 0 aromatic heterocycles. The van der Waals surface area contributed by atoms with Gasteiger partial charge in [0.05, 0.1) is 5.92 Å². The first-order valence-electron chi connectivity index (χ1n) is 10.1. The second-order valence-electron chi connectivity index (χ2n) is 7.33. The van der Waals surface area contributed by atoms with Crippen LogP contribution in [0.3, 0.4) is 0 Å². The van der Waals surface area contributed by atoms with Gasteiger partial charge in [0, 0.05) is 11.5 Å². The van der Waals surface area contributed by atoms with E-state index in [0.717, 1.165) is 17.5 Å². The van der Waals surface area contributed by atoms with E-state index in [-0.39, 0.29) is 17.6 Å². The molecule has 0 heterocycles. The van der Waals surface area contributed by atoms with Gasteiger partial charge in [-0.3, -0.25) is 4.79 Å². The summed E-state index contributed by atoms with van der Waals surface area (Å²) in [6.07, 6.45) is 0.809. The molecule has 0 spiro atoms. The predicted octanol–water partition coefficient (Wildman–Crippen LogP) is 6.68. The maximum absolute atomic E-state index is 13.8. The number of benzene rings is 4. The zero-order valence-corrected chi connectivity index (χ0v) is 16.3. The molecule has 0 fully saturated rings. The molecule has 29 heavy (non-hydrogen) atoms. The molecule has 1 heteroatoms. The maximum atomic E-state index is 13.8. The quantitative estimate of drug-likeness (QED) is 0.329. The van der Waals surface area contributed by atoms with Crippen LogP contribution in [0.25, 0.3) is 0 Å². The Morgan fingerprint density at radius 1 is 0.552 bits per heavy atom. The van der Waals surface area contributed by atoms with Gasteiger partial charge in [0.15, 0.2) is 5.78 Å². The van der Waals surface area contributed by atoms with Crippen LogP contribution >= 0.6 is 0 Å². The molecule has 2 atom stereocenters. The Kier molecular flexibility index (Phi) is 5.97. The Balaban J connectivity index is 1.82. The first-order valence-corrected chi connectivity index (χ1v) is 10.1. The van der Waals surface area contributed by atoms with Gasteiger partial charge in [-0.1, -0.05) is 121 Å². The minimum atomic E-state index is -0.249. The molecule has 0 saturated carbocycles. The summed E-state index contributed by atoms with van der Waals surface area (Å²) in [6, 6.07) is 40.7. The predicted molar refractivity (Wildman–Crippen MR) is 119 cm³/mol. The minimum Gasteiger partial charge on any atom is -0.293 e. The van der Waals surface area contributed by atoms with E-state index in [1.165, 1.54) is 11.1 Å². The number of hydrogen-bond acceptors (Lipinski definition) is 1. The zero-order chi connectivity index (χ0) is 19.9. The minimum absolute atomic E-state index is 0.0497. The average molecular weight is 376 g/mol. The Hall–Kier alpha value is -3.45. The summed E-state index contributed by atoms with van der Waals surface area (Å²) >= 11 is 0. The van der Waals surface area contributed by atoms with Crippen molar-refractivity contribution in [1.29, 1.82) is 0 Å². The SMILES string of the molecule is O=C(c1ccccc1)C(c1ccccc1)C(Cc1ccccc1)c1ccccc1. The van der Waals surface area contributed by atoms with E-state index in [0.29, 0.717) is 0 Å². The van der Waals surface area contributed by atoms with Crippen LogP contribution in [0, 0.1) is 0 Å². The van der Waals surface area contributed by atoms with Gasteiger partial charge in [-0.2, -0.15) is 0 Å². The first kappa shape index (κ1) is 18.9. The highest BCUT2D eigenvalue weighted by atomic mass is 16.1. The van der Waals surface area contributed by atoms with Crippen molar-refractivity contribution in [3.05, 3.63) is 144 Å². The molecule has 0 bridgehead atoms.